The maximum Gasteiger partial charge on any atom is 0.227 e. The minimum atomic E-state index is 0.161. The summed E-state index contributed by atoms with van der Waals surface area (Å²) in [5.41, 5.74) is 4.32. The lowest BCUT2D eigenvalue weighted by atomic mass is 10.1. The van der Waals surface area contributed by atoms with Crippen LogP contribution in [0.2, 0.25) is 0 Å². The highest BCUT2D eigenvalue weighted by atomic mass is 16.2. The molecule has 0 N–H and O–H groups in total. The zero-order valence-corrected chi connectivity index (χ0v) is 16.4. The molecule has 0 aliphatic carbocycles. The number of hydrogen-bond donors (Lipinski definition) is 0. The van der Waals surface area contributed by atoms with Crippen molar-refractivity contribution in [2.45, 2.75) is 67.1 Å². The van der Waals surface area contributed by atoms with Gasteiger partial charge in [0.1, 0.15) is 0 Å². The summed E-state index contributed by atoms with van der Waals surface area (Å²) in [5.74, 6) is 0.695. The standard InChI is InChI=1S/C21H31N3O/c1-15(2)13-24-18(6)20(17(5)22-24)12-21(25)23(16(3)4)14-19-10-8-7-9-11-19/h7-11,15-16H,12-14H2,1-6H3. The number of rotatable bonds is 7. The van der Waals surface area contributed by atoms with Gasteiger partial charge >= 0.3 is 0 Å². The second-order valence-electron chi connectivity index (χ2n) is 7.50. The second-order valence-corrected chi connectivity index (χ2v) is 7.50. The van der Waals surface area contributed by atoms with E-state index in [0.717, 1.165) is 29.1 Å². The molecule has 4 heteroatoms. The van der Waals surface area contributed by atoms with Gasteiger partial charge < -0.3 is 4.90 Å². The van der Waals surface area contributed by atoms with Gasteiger partial charge in [-0.25, -0.2) is 0 Å². The predicted octanol–water partition coefficient (Wildman–Crippen LogP) is 4.14. The maximum atomic E-state index is 13.0. The van der Waals surface area contributed by atoms with E-state index < -0.39 is 0 Å². The minimum absolute atomic E-state index is 0.161. The molecule has 0 bridgehead atoms. The molecule has 0 atom stereocenters. The van der Waals surface area contributed by atoms with Crippen LogP contribution >= 0.6 is 0 Å². The number of amides is 1. The fourth-order valence-corrected chi connectivity index (χ4v) is 3.11. The van der Waals surface area contributed by atoms with Crippen LogP contribution in [0.25, 0.3) is 0 Å². The molecule has 0 aliphatic rings. The summed E-state index contributed by atoms with van der Waals surface area (Å²) in [6.07, 6.45) is 0.417. The highest BCUT2D eigenvalue weighted by Crippen LogP contribution is 2.18. The van der Waals surface area contributed by atoms with E-state index in [1.54, 1.807) is 0 Å². The van der Waals surface area contributed by atoms with Gasteiger partial charge in [0.25, 0.3) is 0 Å². The summed E-state index contributed by atoms with van der Waals surface area (Å²) in [6, 6.07) is 10.3. The number of carbonyl (C=O) groups is 1. The predicted molar refractivity (Wildman–Crippen MR) is 102 cm³/mol. The fourth-order valence-electron chi connectivity index (χ4n) is 3.11. The third-order valence-electron chi connectivity index (χ3n) is 4.54. The van der Waals surface area contributed by atoms with Gasteiger partial charge in [0.05, 0.1) is 12.1 Å². The van der Waals surface area contributed by atoms with Crippen molar-refractivity contribution in [1.82, 2.24) is 14.7 Å². The van der Waals surface area contributed by atoms with Crippen LogP contribution in [0.15, 0.2) is 30.3 Å². The van der Waals surface area contributed by atoms with Crippen molar-refractivity contribution in [3.63, 3.8) is 0 Å². The highest BCUT2D eigenvalue weighted by molar-refractivity contribution is 5.79. The first-order valence-corrected chi connectivity index (χ1v) is 9.15. The molecule has 25 heavy (non-hydrogen) atoms. The number of nitrogens with zero attached hydrogens (tertiary/aromatic N) is 3. The Morgan fingerprint density at radius 1 is 1.12 bits per heavy atom. The van der Waals surface area contributed by atoms with Gasteiger partial charge in [0, 0.05) is 30.4 Å². The molecule has 2 aromatic rings. The quantitative estimate of drug-likeness (QED) is 0.759. The van der Waals surface area contributed by atoms with E-state index in [1.165, 1.54) is 0 Å². The average Bonchev–Trinajstić information content (AvgIpc) is 2.80. The van der Waals surface area contributed by atoms with Gasteiger partial charge in [-0.15, -0.1) is 0 Å². The number of hydrogen-bond acceptors (Lipinski definition) is 2. The van der Waals surface area contributed by atoms with Gasteiger partial charge in [-0.3, -0.25) is 9.48 Å². The molecule has 1 aromatic heterocycles. The van der Waals surface area contributed by atoms with Crippen molar-refractivity contribution in [2.24, 2.45) is 5.92 Å². The molecule has 1 aromatic carbocycles. The summed E-state index contributed by atoms with van der Waals surface area (Å²) >= 11 is 0. The van der Waals surface area contributed by atoms with E-state index in [2.05, 4.69) is 51.9 Å². The fraction of sp³-hybridized carbons (Fsp3) is 0.524. The third-order valence-corrected chi connectivity index (χ3v) is 4.54. The first kappa shape index (κ1) is 19.2. The van der Waals surface area contributed by atoms with E-state index in [0.29, 0.717) is 18.9 Å². The van der Waals surface area contributed by atoms with Crippen LogP contribution in [0.1, 0.15) is 50.2 Å². The molecule has 0 spiro atoms. The van der Waals surface area contributed by atoms with E-state index in [1.807, 2.05) is 34.7 Å². The van der Waals surface area contributed by atoms with E-state index in [-0.39, 0.29) is 11.9 Å². The van der Waals surface area contributed by atoms with Gasteiger partial charge in [-0.2, -0.15) is 5.10 Å². The maximum absolute atomic E-state index is 13.0. The van der Waals surface area contributed by atoms with Crippen molar-refractivity contribution in [1.29, 1.82) is 0 Å². The Labute approximate surface area is 151 Å². The van der Waals surface area contributed by atoms with Crippen molar-refractivity contribution in [3.8, 4) is 0 Å². The van der Waals surface area contributed by atoms with Crippen molar-refractivity contribution < 1.29 is 4.79 Å². The van der Waals surface area contributed by atoms with E-state index in [4.69, 9.17) is 0 Å². The molecule has 0 unspecified atom stereocenters. The summed E-state index contributed by atoms with van der Waals surface area (Å²) in [6.45, 7) is 14.1. The van der Waals surface area contributed by atoms with Gasteiger partial charge in [0.15, 0.2) is 0 Å². The molecule has 0 fully saturated rings. The minimum Gasteiger partial charge on any atom is -0.336 e. The van der Waals surface area contributed by atoms with Crippen molar-refractivity contribution in [3.05, 3.63) is 52.8 Å². The molecule has 0 radical (unpaired) electrons. The lowest BCUT2D eigenvalue weighted by Gasteiger charge is -2.27. The monoisotopic (exact) mass is 341 g/mol. The molecule has 136 valence electrons. The normalized spacial score (nSPS) is 11.4. The lowest BCUT2D eigenvalue weighted by molar-refractivity contribution is -0.132. The van der Waals surface area contributed by atoms with Gasteiger partial charge in [0.2, 0.25) is 5.91 Å². The molecule has 0 aliphatic heterocycles. The number of benzene rings is 1. The Morgan fingerprint density at radius 3 is 2.32 bits per heavy atom. The SMILES string of the molecule is Cc1nn(CC(C)C)c(C)c1CC(=O)N(Cc1ccccc1)C(C)C. The molecule has 1 amide bonds. The summed E-state index contributed by atoms with van der Waals surface area (Å²) in [5, 5.41) is 4.64. The third kappa shape index (κ3) is 4.94. The first-order valence-electron chi connectivity index (χ1n) is 9.15. The van der Waals surface area contributed by atoms with E-state index >= 15 is 0 Å². The molecule has 2 rings (SSSR count). The van der Waals surface area contributed by atoms with Crippen LogP contribution in [0, 0.1) is 19.8 Å². The van der Waals surface area contributed by atoms with Crippen LogP contribution in [-0.2, 0) is 24.3 Å². The van der Waals surface area contributed by atoms with Crippen molar-refractivity contribution in [2.75, 3.05) is 0 Å². The molecule has 4 nitrogen and oxygen atoms in total. The van der Waals surface area contributed by atoms with Gasteiger partial charge in [-0.1, -0.05) is 44.2 Å². The first-order chi connectivity index (χ1) is 11.8. The van der Waals surface area contributed by atoms with Gasteiger partial charge in [-0.05, 0) is 39.2 Å². The molecule has 0 saturated heterocycles. The lowest BCUT2D eigenvalue weighted by Crippen LogP contribution is -2.37. The summed E-state index contributed by atoms with van der Waals surface area (Å²) in [4.78, 5) is 14.9. The van der Waals surface area contributed by atoms with E-state index in [9.17, 15) is 4.79 Å². The zero-order valence-electron chi connectivity index (χ0n) is 16.4. The smallest absolute Gasteiger partial charge is 0.227 e. The Kier molecular flexibility index (Phi) is 6.40. The number of carbonyl (C=O) groups excluding carboxylic acids is 1. The Balaban J connectivity index is 2.17. The molecular weight excluding hydrogens is 310 g/mol. The molecule has 1 heterocycles. The molecule has 0 saturated carbocycles. The largest absolute Gasteiger partial charge is 0.336 e. The zero-order chi connectivity index (χ0) is 18.6. The van der Waals surface area contributed by atoms with Crippen LogP contribution in [0.5, 0.6) is 0 Å². The highest BCUT2D eigenvalue weighted by Gasteiger charge is 2.21. The second kappa shape index (κ2) is 8.32. The van der Waals surface area contributed by atoms with Crippen molar-refractivity contribution >= 4 is 5.91 Å². The Hall–Kier alpha value is -2.10. The number of aromatic nitrogens is 2. The molecular formula is C21H31N3O. The topological polar surface area (TPSA) is 38.1 Å². The van der Waals surface area contributed by atoms with Crippen LogP contribution in [0.4, 0.5) is 0 Å². The Morgan fingerprint density at radius 2 is 1.76 bits per heavy atom. The average molecular weight is 341 g/mol. The summed E-state index contributed by atoms with van der Waals surface area (Å²) in [7, 11) is 0. The van der Waals surface area contributed by atoms with Crippen LogP contribution in [-0.4, -0.2) is 26.6 Å². The van der Waals surface area contributed by atoms with Crippen LogP contribution in [0.3, 0.4) is 0 Å². The number of aryl methyl sites for hydroxylation is 1. The summed E-state index contributed by atoms with van der Waals surface area (Å²) < 4.78 is 2.04. The van der Waals surface area contributed by atoms with Crippen LogP contribution < -0.4 is 0 Å². The Bertz CT molecular complexity index is 701.